The number of aromatic nitrogens is 3. The van der Waals surface area contributed by atoms with Gasteiger partial charge in [-0.25, -0.2) is 0 Å². The highest BCUT2D eigenvalue weighted by atomic mass is 16.2. The van der Waals surface area contributed by atoms with Crippen molar-refractivity contribution in [2.45, 2.75) is 25.3 Å². The van der Waals surface area contributed by atoms with Crippen LogP contribution in [0.5, 0.6) is 0 Å². The molecule has 2 atom stereocenters. The Morgan fingerprint density at radius 2 is 2.16 bits per heavy atom. The van der Waals surface area contributed by atoms with Gasteiger partial charge in [0.1, 0.15) is 0 Å². The molecule has 6 heteroatoms. The number of hydrogen-bond donors (Lipinski definition) is 0. The molecule has 132 valence electrons. The molecule has 0 aromatic carbocycles. The van der Waals surface area contributed by atoms with E-state index in [1.807, 2.05) is 42.1 Å². The number of carbonyl (C=O) groups is 1. The number of aryl methyl sites for hydroxylation is 1. The third-order valence-electron chi connectivity index (χ3n) is 5.85. The van der Waals surface area contributed by atoms with Crippen molar-refractivity contribution in [1.82, 2.24) is 24.6 Å². The van der Waals surface area contributed by atoms with Gasteiger partial charge in [-0.1, -0.05) is 6.07 Å². The van der Waals surface area contributed by atoms with Gasteiger partial charge in [0.15, 0.2) is 0 Å². The summed E-state index contributed by atoms with van der Waals surface area (Å²) < 4.78 is 1.93. The lowest BCUT2D eigenvalue weighted by molar-refractivity contribution is -0.145. The van der Waals surface area contributed by atoms with Crippen LogP contribution < -0.4 is 0 Å². The fourth-order valence-electron chi connectivity index (χ4n) is 4.67. The number of likely N-dealkylation sites (tertiary alicyclic amines) is 2. The molecule has 4 rings (SSSR count). The Kier molecular flexibility index (Phi) is 4.07. The van der Waals surface area contributed by atoms with Crippen molar-refractivity contribution in [3.8, 4) is 0 Å². The van der Waals surface area contributed by atoms with Crippen molar-refractivity contribution in [1.29, 1.82) is 0 Å². The molecule has 0 N–H and O–H groups in total. The molecular formula is C19H25N5O. The number of hydrogen-bond acceptors (Lipinski definition) is 4. The smallest absolute Gasteiger partial charge is 0.230 e. The Labute approximate surface area is 148 Å². The predicted molar refractivity (Wildman–Crippen MR) is 94.8 cm³/mol. The van der Waals surface area contributed by atoms with Gasteiger partial charge in [-0.05, 0) is 30.5 Å². The fourth-order valence-corrected chi connectivity index (χ4v) is 4.67. The Hall–Kier alpha value is -2.21. The molecule has 1 amide bonds. The summed E-state index contributed by atoms with van der Waals surface area (Å²) in [5, 5.41) is 4.36. The average Bonchev–Trinajstić information content (AvgIpc) is 3.18. The molecule has 2 fully saturated rings. The maximum absolute atomic E-state index is 13.2. The normalized spacial score (nSPS) is 27.4. The van der Waals surface area contributed by atoms with E-state index in [2.05, 4.69) is 27.1 Å². The monoisotopic (exact) mass is 339 g/mol. The summed E-state index contributed by atoms with van der Waals surface area (Å²) >= 11 is 0. The lowest BCUT2D eigenvalue weighted by Gasteiger charge is -2.41. The van der Waals surface area contributed by atoms with Crippen molar-refractivity contribution in [2.75, 3.05) is 26.7 Å². The molecule has 0 aliphatic carbocycles. The first kappa shape index (κ1) is 16.3. The topological polar surface area (TPSA) is 54.3 Å². The molecule has 2 saturated heterocycles. The number of rotatable bonds is 3. The second-order valence-corrected chi connectivity index (χ2v) is 7.45. The molecule has 0 unspecified atom stereocenters. The predicted octanol–water partition coefficient (Wildman–Crippen LogP) is 1.65. The van der Waals surface area contributed by atoms with Crippen LogP contribution in [-0.4, -0.2) is 57.2 Å². The van der Waals surface area contributed by atoms with Gasteiger partial charge in [-0.15, -0.1) is 0 Å². The lowest BCUT2D eigenvalue weighted by Crippen LogP contribution is -2.50. The molecule has 4 heterocycles. The Morgan fingerprint density at radius 3 is 2.88 bits per heavy atom. The molecule has 2 aromatic heterocycles. The van der Waals surface area contributed by atoms with Gasteiger partial charge in [0, 0.05) is 70.5 Å². The van der Waals surface area contributed by atoms with Gasteiger partial charge in [0.2, 0.25) is 5.91 Å². The van der Waals surface area contributed by atoms with Crippen molar-refractivity contribution < 1.29 is 4.79 Å². The van der Waals surface area contributed by atoms with Crippen molar-refractivity contribution in [2.24, 2.45) is 12.5 Å². The Morgan fingerprint density at radius 1 is 1.28 bits per heavy atom. The minimum Gasteiger partial charge on any atom is -0.345 e. The number of nitrogens with zero attached hydrogens (tertiary/aromatic N) is 5. The van der Waals surface area contributed by atoms with E-state index in [1.54, 1.807) is 6.20 Å². The van der Waals surface area contributed by atoms with E-state index in [9.17, 15) is 4.79 Å². The van der Waals surface area contributed by atoms with Crippen LogP contribution in [0.15, 0.2) is 36.8 Å². The first-order chi connectivity index (χ1) is 12.1. The van der Waals surface area contributed by atoms with E-state index in [0.29, 0.717) is 5.91 Å². The number of carbonyl (C=O) groups excluding carboxylic acids is 1. The largest absolute Gasteiger partial charge is 0.345 e. The summed E-state index contributed by atoms with van der Waals surface area (Å²) in [4.78, 5) is 21.8. The van der Waals surface area contributed by atoms with Gasteiger partial charge >= 0.3 is 0 Å². The van der Waals surface area contributed by atoms with Crippen LogP contribution in [-0.2, 0) is 18.4 Å². The third-order valence-corrected chi connectivity index (χ3v) is 5.85. The van der Waals surface area contributed by atoms with Gasteiger partial charge in [0.05, 0.1) is 5.41 Å². The van der Waals surface area contributed by atoms with E-state index in [-0.39, 0.29) is 11.3 Å². The van der Waals surface area contributed by atoms with Crippen LogP contribution >= 0.6 is 0 Å². The minimum atomic E-state index is -0.330. The van der Waals surface area contributed by atoms with Crippen LogP contribution in [0.3, 0.4) is 0 Å². The number of pyridine rings is 1. The van der Waals surface area contributed by atoms with E-state index < -0.39 is 0 Å². The maximum Gasteiger partial charge on any atom is 0.230 e. The summed E-state index contributed by atoms with van der Waals surface area (Å²) in [5.74, 6) is 0.477. The second kappa shape index (κ2) is 6.26. The molecule has 0 radical (unpaired) electrons. The van der Waals surface area contributed by atoms with Crippen LogP contribution in [0.2, 0.25) is 0 Å². The molecule has 2 aliphatic rings. The van der Waals surface area contributed by atoms with E-state index in [0.717, 1.165) is 44.7 Å². The molecular weight excluding hydrogens is 314 g/mol. The van der Waals surface area contributed by atoms with Crippen LogP contribution in [0.1, 0.15) is 30.0 Å². The summed E-state index contributed by atoms with van der Waals surface area (Å²) in [7, 11) is 3.91. The number of piperidine rings is 1. The lowest BCUT2D eigenvalue weighted by atomic mass is 9.70. The van der Waals surface area contributed by atoms with Gasteiger partial charge in [-0.3, -0.25) is 19.4 Å². The molecule has 6 nitrogen and oxygen atoms in total. The standard InChI is InChI=1S/C19H25N5O/c1-22-10-4-7-19(18(22)25)14-24(12-15-5-3-8-20-11-15)13-16(19)17-6-9-21-23(17)2/h3,5-6,8-9,11,16H,4,7,10,12-14H2,1-2H3/t16-,19+/m0/s1. The summed E-state index contributed by atoms with van der Waals surface area (Å²) in [6.07, 6.45) is 7.57. The molecule has 2 aliphatic heterocycles. The van der Waals surface area contributed by atoms with Gasteiger partial charge in [0.25, 0.3) is 0 Å². The minimum absolute atomic E-state index is 0.187. The summed E-state index contributed by atoms with van der Waals surface area (Å²) in [6, 6.07) is 6.15. The van der Waals surface area contributed by atoms with Crippen LogP contribution in [0.4, 0.5) is 0 Å². The van der Waals surface area contributed by atoms with E-state index >= 15 is 0 Å². The fraction of sp³-hybridized carbons (Fsp3) is 0.526. The van der Waals surface area contributed by atoms with Gasteiger partial charge in [-0.2, -0.15) is 5.10 Å². The van der Waals surface area contributed by atoms with Gasteiger partial charge < -0.3 is 4.90 Å². The average molecular weight is 339 g/mol. The zero-order valence-electron chi connectivity index (χ0n) is 14.9. The van der Waals surface area contributed by atoms with Crippen LogP contribution in [0, 0.1) is 5.41 Å². The van der Waals surface area contributed by atoms with Crippen molar-refractivity contribution >= 4 is 5.91 Å². The zero-order valence-corrected chi connectivity index (χ0v) is 14.9. The van der Waals surface area contributed by atoms with E-state index in [1.165, 1.54) is 5.56 Å². The second-order valence-electron chi connectivity index (χ2n) is 7.45. The summed E-state index contributed by atoms with van der Waals surface area (Å²) in [6.45, 7) is 3.39. The highest BCUT2D eigenvalue weighted by molar-refractivity contribution is 5.85. The van der Waals surface area contributed by atoms with Crippen molar-refractivity contribution in [3.05, 3.63) is 48.0 Å². The molecule has 0 saturated carbocycles. The Balaban J connectivity index is 1.67. The molecule has 2 aromatic rings. The first-order valence-electron chi connectivity index (χ1n) is 8.95. The van der Waals surface area contributed by atoms with Crippen LogP contribution in [0.25, 0.3) is 0 Å². The maximum atomic E-state index is 13.2. The Bertz CT molecular complexity index is 758. The molecule has 25 heavy (non-hydrogen) atoms. The number of amides is 1. The highest BCUT2D eigenvalue weighted by Gasteiger charge is 2.55. The summed E-state index contributed by atoms with van der Waals surface area (Å²) in [5.41, 5.74) is 2.03. The molecule has 0 bridgehead atoms. The van der Waals surface area contributed by atoms with Crippen molar-refractivity contribution in [3.63, 3.8) is 0 Å². The highest BCUT2D eigenvalue weighted by Crippen LogP contribution is 2.49. The first-order valence-corrected chi connectivity index (χ1v) is 8.95. The SMILES string of the molecule is CN1CCC[C@]2(CN(Cc3cccnc3)C[C@H]2c2ccnn2C)C1=O. The van der Waals surface area contributed by atoms with E-state index in [4.69, 9.17) is 0 Å². The third kappa shape index (κ3) is 2.74. The molecule has 1 spiro atoms. The zero-order chi connectivity index (χ0) is 17.4. The quantitative estimate of drug-likeness (QED) is 0.853.